The lowest BCUT2D eigenvalue weighted by molar-refractivity contribution is 0.0501. The van der Waals surface area contributed by atoms with Crippen molar-refractivity contribution in [2.75, 3.05) is 13.2 Å². The zero-order chi connectivity index (χ0) is 27.2. The number of benzene rings is 3. The molecule has 39 heavy (non-hydrogen) atoms. The molecule has 0 unspecified atom stereocenters. The Balaban J connectivity index is 1.51. The molecule has 1 amide bonds. The van der Waals surface area contributed by atoms with Gasteiger partial charge in [-0.1, -0.05) is 66.7 Å². The van der Waals surface area contributed by atoms with Gasteiger partial charge in [0.05, 0.1) is 36.8 Å². The standard InChI is InChI=1S/C30H30FN3O4S/c31-28-16-8-7-14-25(28)22-39(36,37)30-32-18-26(34(30)19-23-10-3-1-4-11-23)20-33(21-27-15-9-17-38-27)29(35)24-12-5-2-6-13-24/h1-8,10-14,16,18,27H,9,15,17,19-22H2/t27-/m1/s1. The summed E-state index contributed by atoms with van der Waals surface area (Å²) >= 11 is 0. The zero-order valence-corrected chi connectivity index (χ0v) is 22.3. The number of halogens is 1. The summed E-state index contributed by atoms with van der Waals surface area (Å²) in [6.45, 7) is 1.40. The predicted molar refractivity (Wildman–Crippen MR) is 145 cm³/mol. The van der Waals surface area contributed by atoms with Gasteiger partial charge >= 0.3 is 0 Å². The number of sulfone groups is 1. The van der Waals surface area contributed by atoms with E-state index in [1.165, 1.54) is 24.4 Å². The number of aromatic nitrogens is 2. The Kier molecular flexibility index (Phi) is 8.18. The lowest BCUT2D eigenvalue weighted by Crippen LogP contribution is -2.37. The molecule has 9 heteroatoms. The van der Waals surface area contributed by atoms with Gasteiger partial charge in [0, 0.05) is 24.3 Å². The Morgan fingerprint density at radius 2 is 1.69 bits per heavy atom. The van der Waals surface area contributed by atoms with Gasteiger partial charge in [0.15, 0.2) is 0 Å². The first-order valence-corrected chi connectivity index (χ1v) is 14.6. The molecule has 1 aliphatic rings. The number of nitrogens with zero attached hydrogens (tertiary/aromatic N) is 3. The summed E-state index contributed by atoms with van der Waals surface area (Å²) in [6.07, 6.45) is 3.19. The van der Waals surface area contributed by atoms with Crippen LogP contribution >= 0.6 is 0 Å². The van der Waals surface area contributed by atoms with Crippen molar-refractivity contribution in [2.45, 2.75) is 42.9 Å². The van der Waals surface area contributed by atoms with Crippen molar-refractivity contribution in [1.82, 2.24) is 14.5 Å². The SMILES string of the molecule is O=C(c1ccccc1)N(Cc1cnc(S(=O)(=O)Cc2ccccc2F)n1Cc1ccccc1)C[C@H]1CCCO1. The second-order valence-electron chi connectivity index (χ2n) is 9.64. The van der Waals surface area contributed by atoms with E-state index in [9.17, 15) is 17.6 Å². The average Bonchev–Trinajstić information content (AvgIpc) is 3.61. The Morgan fingerprint density at radius 3 is 2.38 bits per heavy atom. The smallest absolute Gasteiger partial charge is 0.254 e. The molecule has 0 saturated carbocycles. The van der Waals surface area contributed by atoms with Gasteiger partial charge in [-0.3, -0.25) is 4.79 Å². The van der Waals surface area contributed by atoms with Crippen LogP contribution in [-0.2, 0) is 33.4 Å². The molecule has 4 aromatic rings. The second kappa shape index (κ2) is 11.9. The van der Waals surface area contributed by atoms with E-state index in [1.807, 2.05) is 48.5 Å². The fourth-order valence-corrected chi connectivity index (χ4v) is 6.30. The minimum Gasteiger partial charge on any atom is -0.376 e. The predicted octanol–water partition coefficient (Wildman–Crippen LogP) is 4.87. The number of carbonyl (C=O) groups is 1. The molecule has 1 saturated heterocycles. The normalized spacial score (nSPS) is 15.4. The van der Waals surface area contributed by atoms with Crippen LogP contribution in [0.3, 0.4) is 0 Å². The van der Waals surface area contributed by atoms with Crippen LogP contribution in [0.15, 0.2) is 96.3 Å². The maximum absolute atomic E-state index is 14.4. The highest BCUT2D eigenvalue weighted by Crippen LogP contribution is 2.23. The molecule has 0 radical (unpaired) electrons. The minimum absolute atomic E-state index is 0.0765. The summed E-state index contributed by atoms with van der Waals surface area (Å²) in [7, 11) is -4.01. The zero-order valence-electron chi connectivity index (χ0n) is 21.4. The molecule has 202 valence electrons. The lowest BCUT2D eigenvalue weighted by atomic mass is 10.1. The van der Waals surface area contributed by atoms with E-state index in [2.05, 4.69) is 4.98 Å². The van der Waals surface area contributed by atoms with E-state index in [4.69, 9.17) is 4.74 Å². The average molecular weight is 548 g/mol. The van der Waals surface area contributed by atoms with Gasteiger partial charge in [0.2, 0.25) is 15.0 Å². The molecule has 0 N–H and O–H groups in total. The van der Waals surface area contributed by atoms with Crippen molar-refractivity contribution in [2.24, 2.45) is 0 Å². The highest BCUT2D eigenvalue weighted by Gasteiger charge is 2.29. The molecular weight excluding hydrogens is 517 g/mol. The van der Waals surface area contributed by atoms with Crippen molar-refractivity contribution in [3.63, 3.8) is 0 Å². The van der Waals surface area contributed by atoms with E-state index in [0.717, 1.165) is 18.4 Å². The number of imidazole rings is 1. The third-order valence-electron chi connectivity index (χ3n) is 6.78. The second-order valence-corrected chi connectivity index (χ2v) is 11.5. The number of hydrogen-bond donors (Lipinski definition) is 0. The van der Waals surface area contributed by atoms with Gasteiger partial charge in [0.1, 0.15) is 5.82 Å². The van der Waals surface area contributed by atoms with E-state index in [-0.39, 0.29) is 35.8 Å². The first-order chi connectivity index (χ1) is 18.9. The largest absolute Gasteiger partial charge is 0.376 e. The minimum atomic E-state index is -4.01. The molecule has 0 aliphatic carbocycles. The number of carbonyl (C=O) groups excluding carboxylic acids is 1. The van der Waals surface area contributed by atoms with Gasteiger partial charge in [-0.15, -0.1) is 0 Å². The molecule has 5 rings (SSSR count). The first-order valence-electron chi connectivity index (χ1n) is 12.9. The molecule has 2 heterocycles. The van der Waals surface area contributed by atoms with Crippen LogP contribution < -0.4 is 0 Å². The van der Waals surface area contributed by atoms with E-state index in [1.54, 1.807) is 27.7 Å². The fraction of sp³-hybridized carbons (Fsp3) is 0.267. The van der Waals surface area contributed by atoms with Gasteiger partial charge in [0.25, 0.3) is 5.91 Å². The molecule has 0 bridgehead atoms. The van der Waals surface area contributed by atoms with Crippen LogP contribution in [0.1, 0.15) is 40.0 Å². The molecule has 3 aromatic carbocycles. The summed E-state index contributed by atoms with van der Waals surface area (Å²) in [5.41, 5.74) is 2.05. The molecular formula is C30H30FN3O4S. The molecule has 0 spiro atoms. The number of rotatable bonds is 10. The van der Waals surface area contributed by atoms with E-state index >= 15 is 0 Å². The Morgan fingerprint density at radius 1 is 1.00 bits per heavy atom. The summed E-state index contributed by atoms with van der Waals surface area (Å²) in [6, 6.07) is 24.3. The Labute approximate surface area is 227 Å². The monoisotopic (exact) mass is 547 g/mol. The van der Waals surface area contributed by atoms with Gasteiger partial charge in [-0.25, -0.2) is 17.8 Å². The molecule has 1 aromatic heterocycles. The van der Waals surface area contributed by atoms with Gasteiger partial charge in [-0.2, -0.15) is 0 Å². The molecule has 1 aliphatic heterocycles. The molecule has 1 fully saturated rings. The van der Waals surface area contributed by atoms with Crippen molar-refractivity contribution in [1.29, 1.82) is 0 Å². The third kappa shape index (κ3) is 6.43. The van der Waals surface area contributed by atoms with Crippen LogP contribution in [0, 0.1) is 5.82 Å². The van der Waals surface area contributed by atoms with Gasteiger partial charge < -0.3 is 14.2 Å². The summed E-state index contributed by atoms with van der Waals surface area (Å²) in [4.78, 5) is 19.6. The molecule has 1 atom stereocenters. The number of ether oxygens (including phenoxy) is 1. The topological polar surface area (TPSA) is 81.5 Å². The first kappa shape index (κ1) is 26.8. The number of amides is 1. The highest BCUT2D eigenvalue weighted by molar-refractivity contribution is 7.90. The Bertz CT molecular complexity index is 1520. The summed E-state index contributed by atoms with van der Waals surface area (Å²) in [5.74, 6) is -1.28. The third-order valence-corrected chi connectivity index (χ3v) is 8.35. The van der Waals surface area contributed by atoms with Crippen molar-refractivity contribution >= 4 is 15.7 Å². The van der Waals surface area contributed by atoms with Crippen LogP contribution in [0.5, 0.6) is 0 Å². The van der Waals surface area contributed by atoms with Crippen LogP contribution in [0.2, 0.25) is 0 Å². The summed E-state index contributed by atoms with van der Waals surface area (Å²) < 4.78 is 48.9. The van der Waals surface area contributed by atoms with E-state index in [0.29, 0.717) is 24.4 Å². The van der Waals surface area contributed by atoms with Gasteiger partial charge in [-0.05, 0) is 36.6 Å². The van der Waals surface area contributed by atoms with Crippen molar-refractivity contribution < 1.29 is 22.3 Å². The number of hydrogen-bond acceptors (Lipinski definition) is 5. The maximum Gasteiger partial charge on any atom is 0.254 e. The maximum atomic E-state index is 14.4. The quantitative estimate of drug-likeness (QED) is 0.283. The Hall–Kier alpha value is -3.82. The van der Waals surface area contributed by atoms with E-state index < -0.39 is 21.4 Å². The van der Waals surface area contributed by atoms with Crippen molar-refractivity contribution in [3.05, 3.63) is 119 Å². The molecule has 7 nitrogen and oxygen atoms in total. The highest BCUT2D eigenvalue weighted by atomic mass is 32.2. The van der Waals surface area contributed by atoms with Crippen LogP contribution in [-0.4, -0.2) is 48.0 Å². The fourth-order valence-electron chi connectivity index (χ4n) is 4.80. The lowest BCUT2D eigenvalue weighted by Gasteiger charge is -2.26. The van der Waals surface area contributed by atoms with Crippen LogP contribution in [0.4, 0.5) is 4.39 Å². The van der Waals surface area contributed by atoms with Crippen LogP contribution in [0.25, 0.3) is 0 Å². The van der Waals surface area contributed by atoms with Crippen molar-refractivity contribution in [3.8, 4) is 0 Å². The summed E-state index contributed by atoms with van der Waals surface area (Å²) in [5, 5.41) is -0.158.